The molecule has 0 spiro atoms. The van der Waals surface area contributed by atoms with Gasteiger partial charge in [-0.15, -0.1) is 0 Å². The van der Waals surface area contributed by atoms with Crippen molar-refractivity contribution in [3.63, 3.8) is 0 Å². The molecule has 1 heterocycles. The Morgan fingerprint density at radius 2 is 2.00 bits per heavy atom. The Morgan fingerprint density at radius 3 is 2.56 bits per heavy atom. The molecule has 100 valence electrons. The van der Waals surface area contributed by atoms with E-state index >= 15 is 0 Å². The summed E-state index contributed by atoms with van der Waals surface area (Å²) >= 11 is 0. The van der Waals surface area contributed by atoms with Gasteiger partial charge in [0.25, 0.3) is 0 Å². The molecule has 1 aromatic rings. The summed E-state index contributed by atoms with van der Waals surface area (Å²) in [4.78, 5) is 0. The highest BCUT2D eigenvalue weighted by Crippen LogP contribution is 2.32. The molecule has 1 aromatic carbocycles. The van der Waals surface area contributed by atoms with Crippen molar-refractivity contribution in [3.05, 3.63) is 35.9 Å². The van der Waals surface area contributed by atoms with E-state index in [4.69, 9.17) is 4.74 Å². The van der Waals surface area contributed by atoms with E-state index in [9.17, 15) is 0 Å². The maximum Gasteiger partial charge on any atom is 0.0700 e. The molecule has 1 aliphatic heterocycles. The second-order valence-electron chi connectivity index (χ2n) is 6.25. The fraction of sp³-hybridized carbons (Fsp3) is 0.625. The Bertz CT molecular complexity index is 349. The number of benzene rings is 1. The quantitative estimate of drug-likeness (QED) is 0.878. The number of hydrogen-bond donors (Lipinski definition) is 1. The summed E-state index contributed by atoms with van der Waals surface area (Å²) in [6.45, 7) is 8.74. The summed E-state index contributed by atoms with van der Waals surface area (Å²) in [7, 11) is 0. The first kappa shape index (κ1) is 13.6. The number of ether oxygens (including phenoxy) is 1. The van der Waals surface area contributed by atoms with Crippen molar-refractivity contribution >= 4 is 0 Å². The molecule has 1 fully saturated rings. The van der Waals surface area contributed by atoms with Crippen LogP contribution in [-0.2, 0) is 4.74 Å². The Hall–Kier alpha value is -0.860. The topological polar surface area (TPSA) is 21.3 Å². The summed E-state index contributed by atoms with van der Waals surface area (Å²) in [6, 6.07) is 11.1. The number of nitrogens with one attached hydrogen (secondary N) is 1. The van der Waals surface area contributed by atoms with E-state index in [1.165, 1.54) is 18.4 Å². The van der Waals surface area contributed by atoms with Crippen LogP contribution in [0, 0.1) is 5.41 Å². The first-order valence-electron chi connectivity index (χ1n) is 6.97. The number of rotatable bonds is 4. The van der Waals surface area contributed by atoms with Crippen LogP contribution in [0.5, 0.6) is 0 Å². The largest absolute Gasteiger partial charge is 0.377 e. The summed E-state index contributed by atoms with van der Waals surface area (Å²) < 4.78 is 5.69. The molecule has 0 radical (unpaired) electrons. The van der Waals surface area contributed by atoms with E-state index in [2.05, 4.69) is 56.4 Å². The third-order valence-corrected chi connectivity index (χ3v) is 3.57. The van der Waals surface area contributed by atoms with Crippen molar-refractivity contribution in [2.75, 3.05) is 13.2 Å². The van der Waals surface area contributed by atoms with Gasteiger partial charge in [0, 0.05) is 19.2 Å². The second-order valence-corrected chi connectivity index (χ2v) is 6.25. The second kappa shape index (κ2) is 5.85. The first-order valence-corrected chi connectivity index (χ1v) is 6.97. The zero-order valence-electron chi connectivity index (χ0n) is 11.8. The molecule has 0 bridgehead atoms. The van der Waals surface area contributed by atoms with Crippen molar-refractivity contribution in [3.8, 4) is 0 Å². The Balaban J connectivity index is 2.01. The van der Waals surface area contributed by atoms with Crippen LogP contribution in [0.3, 0.4) is 0 Å². The average Bonchev–Trinajstić information content (AvgIpc) is 2.82. The standard InChI is InChI=1S/C16H25NO/c1-16(2,3)15(13-8-5-4-6-9-13)17-12-14-10-7-11-18-14/h4-6,8-9,14-15,17H,7,10-12H2,1-3H3. The number of hydrogen-bond acceptors (Lipinski definition) is 2. The maximum atomic E-state index is 5.69. The van der Waals surface area contributed by atoms with Crippen molar-refractivity contribution < 1.29 is 4.74 Å². The van der Waals surface area contributed by atoms with Gasteiger partial charge in [0.1, 0.15) is 0 Å². The van der Waals surface area contributed by atoms with Gasteiger partial charge in [-0.3, -0.25) is 0 Å². The highest BCUT2D eigenvalue weighted by molar-refractivity contribution is 5.20. The lowest BCUT2D eigenvalue weighted by Crippen LogP contribution is -2.37. The molecule has 2 unspecified atom stereocenters. The van der Waals surface area contributed by atoms with Crippen LogP contribution in [0.25, 0.3) is 0 Å². The third-order valence-electron chi connectivity index (χ3n) is 3.57. The van der Waals surface area contributed by atoms with E-state index in [-0.39, 0.29) is 5.41 Å². The van der Waals surface area contributed by atoms with Gasteiger partial charge in [-0.2, -0.15) is 0 Å². The minimum Gasteiger partial charge on any atom is -0.377 e. The van der Waals surface area contributed by atoms with Crippen molar-refractivity contribution in [1.29, 1.82) is 0 Å². The Kier molecular flexibility index (Phi) is 4.41. The van der Waals surface area contributed by atoms with Gasteiger partial charge in [-0.1, -0.05) is 51.1 Å². The third kappa shape index (κ3) is 3.56. The van der Waals surface area contributed by atoms with Crippen LogP contribution in [0.4, 0.5) is 0 Å². The average molecular weight is 247 g/mol. The van der Waals surface area contributed by atoms with E-state index in [0.717, 1.165) is 13.2 Å². The van der Waals surface area contributed by atoms with Crippen LogP contribution in [0.2, 0.25) is 0 Å². The predicted molar refractivity (Wildman–Crippen MR) is 75.6 cm³/mol. The lowest BCUT2D eigenvalue weighted by molar-refractivity contribution is 0.101. The summed E-state index contributed by atoms with van der Waals surface area (Å²) in [5.74, 6) is 0. The van der Waals surface area contributed by atoms with Gasteiger partial charge in [0.2, 0.25) is 0 Å². The highest BCUT2D eigenvalue weighted by atomic mass is 16.5. The first-order chi connectivity index (χ1) is 8.57. The van der Waals surface area contributed by atoms with Gasteiger partial charge in [-0.25, -0.2) is 0 Å². The molecule has 1 saturated heterocycles. The zero-order valence-corrected chi connectivity index (χ0v) is 11.8. The smallest absolute Gasteiger partial charge is 0.0700 e. The van der Waals surface area contributed by atoms with Gasteiger partial charge in [0.15, 0.2) is 0 Å². The fourth-order valence-corrected chi connectivity index (χ4v) is 2.62. The van der Waals surface area contributed by atoms with Crippen molar-refractivity contribution in [2.45, 2.75) is 45.8 Å². The monoisotopic (exact) mass is 247 g/mol. The van der Waals surface area contributed by atoms with Crippen molar-refractivity contribution in [2.24, 2.45) is 5.41 Å². The van der Waals surface area contributed by atoms with Crippen LogP contribution >= 0.6 is 0 Å². The van der Waals surface area contributed by atoms with Crippen LogP contribution in [-0.4, -0.2) is 19.3 Å². The summed E-state index contributed by atoms with van der Waals surface area (Å²) in [5.41, 5.74) is 1.57. The molecule has 2 rings (SSSR count). The van der Waals surface area contributed by atoms with Crippen LogP contribution in [0.15, 0.2) is 30.3 Å². The SMILES string of the molecule is CC(C)(C)C(NCC1CCCO1)c1ccccc1. The van der Waals surface area contributed by atoms with E-state index in [1.807, 2.05) is 0 Å². The Labute approximate surface area is 111 Å². The van der Waals surface area contributed by atoms with E-state index < -0.39 is 0 Å². The van der Waals surface area contributed by atoms with Gasteiger partial charge >= 0.3 is 0 Å². The molecule has 1 aliphatic rings. The van der Waals surface area contributed by atoms with Gasteiger partial charge in [-0.05, 0) is 23.8 Å². The van der Waals surface area contributed by atoms with Gasteiger partial charge < -0.3 is 10.1 Å². The normalized spacial score (nSPS) is 22.1. The van der Waals surface area contributed by atoms with E-state index in [0.29, 0.717) is 12.1 Å². The molecular formula is C16H25NO. The minimum atomic E-state index is 0.208. The zero-order chi connectivity index (χ0) is 13.0. The maximum absolute atomic E-state index is 5.69. The molecular weight excluding hydrogens is 222 g/mol. The Morgan fingerprint density at radius 1 is 1.28 bits per heavy atom. The van der Waals surface area contributed by atoms with E-state index in [1.54, 1.807) is 0 Å². The minimum absolute atomic E-state index is 0.208. The lowest BCUT2D eigenvalue weighted by Gasteiger charge is -2.33. The molecule has 0 saturated carbocycles. The molecule has 1 N–H and O–H groups in total. The van der Waals surface area contributed by atoms with Crippen LogP contribution in [0.1, 0.15) is 45.2 Å². The molecule has 0 aliphatic carbocycles. The van der Waals surface area contributed by atoms with Crippen molar-refractivity contribution in [1.82, 2.24) is 5.32 Å². The summed E-state index contributed by atoms with van der Waals surface area (Å²) in [6.07, 6.45) is 2.80. The molecule has 18 heavy (non-hydrogen) atoms. The van der Waals surface area contributed by atoms with Gasteiger partial charge in [0.05, 0.1) is 6.10 Å². The predicted octanol–water partition coefficient (Wildman–Crippen LogP) is 3.54. The highest BCUT2D eigenvalue weighted by Gasteiger charge is 2.27. The molecule has 0 aromatic heterocycles. The van der Waals surface area contributed by atoms with Crippen LogP contribution < -0.4 is 5.32 Å². The summed E-state index contributed by atoms with van der Waals surface area (Å²) in [5, 5.41) is 3.69. The molecule has 2 heteroatoms. The lowest BCUT2D eigenvalue weighted by atomic mass is 9.82. The fourth-order valence-electron chi connectivity index (χ4n) is 2.62. The molecule has 2 atom stereocenters. The molecule has 0 amide bonds. The molecule has 2 nitrogen and oxygen atoms in total.